The first-order valence-electron chi connectivity index (χ1n) is 9.83. The number of ether oxygens (including phenoxy) is 1. The van der Waals surface area contributed by atoms with Gasteiger partial charge in [0.05, 0.1) is 0 Å². The van der Waals surface area contributed by atoms with E-state index in [9.17, 15) is 4.79 Å². The van der Waals surface area contributed by atoms with Crippen LogP contribution in [0.1, 0.15) is 44.6 Å². The number of halogens is 1. The normalized spacial score (nSPS) is 20.3. The van der Waals surface area contributed by atoms with E-state index in [-0.39, 0.29) is 18.5 Å². The molecule has 1 N–H and O–H groups in total. The number of aryl methyl sites for hydroxylation is 1. The summed E-state index contributed by atoms with van der Waals surface area (Å²) in [4.78, 5) is 14.7. The Kier molecular flexibility index (Phi) is 8.23. The summed E-state index contributed by atoms with van der Waals surface area (Å²) in [5, 5.41) is 3.40. The highest BCUT2D eigenvalue weighted by molar-refractivity contribution is 5.85. The molecule has 146 valence electrons. The van der Waals surface area contributed by atoms with Crippen molar-refractivity contribution in [2.45, 2.75) is 52.1 Å². The largest absolute Gasteiger partial charge is 0.490 e. The molecule has 2 fully saturated rings. The van der Waals surface area contributed by atoms with E-state index in [4.69, 9.17) is 4.74 Å². The summed E-state index contributed by atoms with van der Waals surface area (Å²) in [5.74, 6) is 2.47. The fourth-order valence-corrected chi connectivity index (χ4v) is 4.02. The Labute approximate surface area is 164 Å². The van der Waals surface area contributed by atoms with Crippen molar-refractivity contribution in [1.29, 1.82) is 0 Å². The van der Waals surface area contributed by atoms with Gasteiger partial charge in [0.2, 0.25) is 5.91 Å². The Morgan fingerprint density at radius 3 is 2.38 bits per heavy atom. The molecule has 0 radical (unpaired) electrons. The van der Waals surface area contributed by atoms with Gasteiger partial charge < -0.3 is 15.0 Å². The molecule has 5 heteroatoms. The lowest BCUT2D eigenvalue weighted by Gasteiger charge is -2.34. The van der Waals surface area contributed by atoms with E-state index < -0.39 is 0 Å². The van der Waals surface area contributed by atoms with Crippen molar-refractivity contribution in [1.82, 2.24) is 10.2 Å². The molecule has 1 atom stereocenters. The van der Waals surface area contributed by atoms with Crippen molar-refractivity contribution in [2.24, 2.45) is 11.8 Å². The molecule has 0 saturated carbocycles. The zero-order chi connectivity index (χ0) is 17.6. The Bertz CT molecular complexity index is 550. The first kappa shape index (κ1) is 21.0. The van der Waals surface area contributed by atoms with Gasteiger partial charge in [0.15, 0.2) is 0 Å². The first-order chi connectivity index (χ1) is 12.1. The number of benzene rings is 1. The van der Waals surface area contributed by atoms with Gasteiger partial charge in [-0.05, 0) is 56.8 Å². The predicted molar refractivity (Wildman–Crippen MR) is 108 cm³/mol. The molecule has 3 rings (SSSR count). The second-order valence-corrected chi connectivity index (χ2v) is 7.78. The third kappa shape index (κ3) is 5.88. The van der Waals surface area contributed by atoms with Crippen molar-refractivity contribution in [2.75, 3.05) is 26.2 Å². The molecular formula is C21H33ClN2O2. The highest BCUT2D eigenvalue weighted by Crippen LogP contribution is 2.26. The van der Waals surface area contributed by atoms with Crippen LogP contribution < -0.4 is 10.1 Å². The maximum absolute atomic E-state index is 12.6. The Morgan fingerprint density at radius 2 is 1.77 bits per heavy atom. The Hall–Kier alpha value is -1.26. The van der Waals surface area contributed by atoms with Crippen molar-refractivity contribution in [3.63, 3.8) is 0 Å². The van der Waals surface area contributed by atoms with E-state index >= 15 is 0 Å². The maximum Gasteiger partial charge on any atom is 0.222 e. The van der Waals surface area contributed by atoms with Gasteiger partial charge in [0.25, 0.3) is 0 Å². The third-order valence-electron chi connectivity index (χ3n) is 5.80. The molecule has 1 aromatic carbocycles. The summed E-state index contributed by atoms with van der Waals surface area (Å²) in [6.07, 6.45) is 5.21. The van der Waals surface area contributed by atoms with E-state index in [2.05, 4.69) is 31.3 Å². The number of amides is 1. The third-order valence-corrected chi connectivity index (χ3v) is 5.80. The van der Waals surface area contributed by atoms with Crippen LogP contribution in [-0.4, -0.2) is 43.1 Å². The minimum atomic E-state index is 0. The molecule has 0 aliphatic carbocycles. The number of piperidine rings is 2. The van der Waals surface area contributed by atoms with Crippen LogP contribution in [0.3, 0.4) is 0 Å². The average Bonchev–Trinajstić information content (AvgIpc) is 2.65. The van der Waals surface area contributed by atoms with Crippen molar-refractivity contribution in [3.8, 4) is 5.75 Å². The van der Waals surface area contributed by atoms with E-state index in [0.717, 1.165) is 44.8 Å². The highest BCUT2D eigenvalue weighted by Gasteiger charge is 2.27. The smallest absolute Gasteiger partial charge is 0.222 e. The molecule has 1 amide bonds. The van der Waals surface area contributed by atoms with Gasteiger partial charge in [-0.2, -0.15) is 0 Å². The van der Waals surface area contributed by atoms with Crippen LogP contribution in [0.4, 0.5) is 0 Å². The van der Waals surface area contributed by atoms with Crippen LogP contribution in [0.5, 0.6) is 5.75 Å². The zero-order valence-electron chi connectivity index (χ0n) is 16.1. The predicted octanol–water partition coefficient (Wildman–Crippen LogP) is 3.81. The Balaban J connectivity index is 0.00000243. The molecular weight excluding hydrogens is 348 g/mol. The molecule has 2 aliphatic heterocycles. The number of rotatable bonds is 5. The van der Waals surface area contributed by atoms with Crippen LogP contribution in [0, 0.1) is 18.8 Å². The SMILES string of the molecule is Cc1ccc(OC2CCN(C(=O)CC(C)C3CCNCC3)CC2)cc1.Cl. The molecule has 2 heterocycles. The Morgan fingerprint density at radius 1 is 1.15 bits per heavy atom. The van der Waals surface area contributed by atoms with Gasteiger partial charge in [0.1, 0.15) is 11.9 Å². The number of hydrogen-bond acceptors (Lipinski definition) is 3. The lowest BCUT2D eigenvalue weighted by atomic mass is 9.84. The molecule has 4 nitrogen and oxygen atoms in total. The molecule has 1 aromatic rings. The minimum Gasteiger partial charge on any atom is -0.490 e. The molecule has 2 saturated heterocycles. The summed E-state index contributed by atoms with van der Waals surface area (Å²) in [7, 11) is 0. The molecule has 0 bridgehead atoms. The summed E-state index contributed by atoms with van der Waals surface area (Å²) in [5.41, 5.74) is 1.25. The molecule has 26 heavy (non-hydrogen) atoms. The summed E-state index contributed by atoms with van der Waals surface area (Å²) in [6.45, 7) is 8.19. The minimum absolute atomic E-state index is 0. The van der Waals surface area contributed by atoms with Gasteiger partial charge in [-0.3, -0.25) is 4.79 Å². The van der Waals surface area contributed by atoms with Crippen molar-refractivity contribution >= 4 is 18.3 Å². The number of carbonyl (C=O) groups excluding carboxylic acids is 1. The van der Waals surface area contributed by atoms with Crippen LogP contribution in [-0.2, 0) is 4.79 Å². The lowest BCUT2D eigenvalue weighted by Crippen LogP contribution is -2.43. The molecule has 0 aromatic heterocycles. The summed E-state index contributed by atoms with van der Waals surface area (Å²) in [6, 6.07) is 8.23. The van der Waals surface area contributed by atoms with E-state index in [1.54, 1.807) is 0 Å². The van der Waals surface area contributed by atoms with E-state index in [0.29, 0.717) is 24.2 Å². The molecule has 0 spiro atoms. The fraction of sp³-hybridized carbons (Fsp3) is 0.667. The summed E-state index contributed by atoms with van der Waals surface area (Å²) >= 11 is 0. The van der Waals surface area contributed by atoms with E-state index in [1.807, 2.05) is 17.0 Å². The topological polar surface area (TPSA) is 41.6 Å². The van der Waals surface area contributed by atoms with Crippen molar-refractivity contribution in [3.05, 3.63) is 29.8 Å². The second-order valence-electron chi connectivity index (χ2n) is 7.78. The summed E-state index contributed by atoms with van der Waals surface area (Å²) < 4.78 is 6.07. The number of likely N-dealkylation sites (tertiary alicyclic amines) is 1. The zero-order valence-corrected chi connectivity index (χ0v) is 16.9. The van der Waals surface area contributed by atoms with Gasteiger partial charge in [0, 0.05) is 32.4 Å². The number of nitrogens with one attached hydrogen (secondary N) is 1. The monoisotopic (exact) mass is 380 g/mol. The number of hydrogen-bond donors (Lipinski definition) is 1. The quantitative estimate of drug-likeness (QED) is 0.844. The molecule has 2 aliphatic rings. The van der Waals surface area contributed by atoms with Crippen LogP contribution in [0.15, 0.2) is 24.3 Å². The number of carbonyl (C=O) groups is 1. The standard InChI is InChI=1S/C21H32N2O2.ClH/c1-16-3-5-19(6-4-16)25-20-9-13-23(14-10-20)21(24)15-17(2)18-7-11-22-12-8-18;/h3-6,17-18,20,22H,7-15H2,1-2H3;1H. The average molecular weight is 381 g/mol. The second kappa shape index (κ2) is 10.2. The number of nitrogens with zero attached hydrogens (tertiary/aromatic N) is 1. The fourth-order valence-electron chi connectivity index (χ4n) is 4.02. The maximum atomic E-state index is 12.6. The van der Waals surface area contributed by atoms with Crippen molar-refractivity contribution < 1.29 is 9.53 Å². The van der Waals surface area contributed by atoms with Gasteiger partial charge in [-0.25, -0.2) is 0 Å². The lowest BCUT2D eigenvalue weighted by molar-refractivity contribution is -0.134. The molecule has 1 unspecified atom stereocenters. The van der Waals surface area contributed by atoms with E-state index in [1.165, 1.54) is 18.4 Å². The van der Waals surface area contributed by atoms with Crippen LogP contribution in [0.25, 0.3) is 0 Å². The van der Waals surface area contributed by atoms with Gasteiger partial charge in [-0.15, -0.1) is 12.4 Å². The highest BCUT2D eigenvalue weighted by atomic mass is 35.5. The van der Waals surface area contributed by atoms with Crippen LogP contribution >= 0.6 is 12.4 Å². The van der Waals surface area contributed by atoms with Crippen LogP contribution in [0.2, 0.25) is 0 Å². The van der Waals surface area contributed by atoms with Gasteiger partial charge in [-0.1, -0.05) is 24.6 Å². The van der Waals surface area contributed by atoms with Gasteiger partial charge >= 0.3 is 0 Å². The first-order valence-corrected chi connectivity index (χ1v) is 9.83.